The van der Waals surface area contributed by atoms with Crippen molar-refractivity contribution in [3.05, 3.63) is 65.7 Å². The van der Waals surface area contributed by atoms with Crippen LogP contribution in [-0.2, 0) is 14.3 Å². The van der Waals surface area contributed by atoms with Gasteiger partial charge < -0.3 is 9.64 Å². The van der Waals surface area contributed by atoms with Crippen LogP contribution in [0.4, 0.5) is 5.69 Å². The zero-order chi connectivity index (χ0) is 22.7. The zero-order valence-corrected chi connectivity index (χ0v) is 17.9. The second kappa shape index (κ2) is 9.32. The second-order valence-corrected chi connectivity index (χ2v) is 7.75. The predicted octanol–water partition coefficient (Wildman–Crippen LogP) is 1.95. The summed E-state index contributed by atoms with van der Waals surface area (Å²) in [5, 5.41) is 0. The number of rotatable bonds is 5. The molecule has 166 valence electrons. The normalized spacial score (nSPS) is 19.3. The fourth-order valence-electron chi connectivity index (χ4n) is 4.13. The van der Waals surface area contributed by atoms with Crippen LogP contribution in [0.25, 0.3) is 0 Å². The summed E-state index contributed by atoms with van der Waals surface area (Å²) in [6.45, 7) is 4.05. The van der Waals surface area contributed by atoms with Gasteiger partial charge in [-0.3, -0.25) is 19.3 Å². The summed E-state index contributed by atoms with van der Waals surface area (Å²) in [4.78, 5) is 55.1. The average molecular weight is 435 g/mol. The first kappa shape index (κ1) is 21.7. The highest BCUT2D eigenvalue weighted by molar-refractivity contribution is 6.22. The van der Waals surface area contributed by atoms with Gasteiger partial charge in [0.05, 0.1) is 30.3 Å². The van der Waals surface area contributed by atoms with E-state index in [0.717, 1.165) is 0 Å². The largest absolute Gasteiger partial charge is 0.462 e. The van der Waals surface area contributed by atoms with Gasteiger partial charge in [0.15, 0.2) is 0 Å². The van der Waals surface area contributed by atoms with E-state index in [1.165, 1.54) is 4.90 Å². The molecular formula is C24H25N3O5. The lowest BCUT2D eigenvalue weighted by molar-refractivity contribution is -0.123. The molecule has 0 bridgehead atoms. The molecule has 0 spiro atoms. The van der Waals surface area contributed by atoms with Gasteiger partial charge in [0.1, 0.15) is 0 Å². The lowest BCUT2D eigenvalue weighted by Gasteiger charge is -2.37. The third-order valence-corrected chi connectivity index (χ3v) is 5.82. The lowest BCUT2D eigenvalue weighted by atomic mass is 10.1. The fraction of sp³-hybridized carbons (Fsp3) is 0.333. The van der Waals surface area contributed by atoms with Crippen LogP contribution in [0.1, 0.15) is 34.1 Å². The van der Waals surface area contributed by atoms with E-state index < -0.39 is 12.0 Å². The Morgan fingerprint density at radius 1 is 0.906 bits per heavy atom. The van der Waals surface area contributed by atoms with Gasteiger partial charge in [-0.1, -0.05) is 18.2 Å². The van der Waals surface area contributed by atoms with Gasteiger partial charge in [0.2, 0.25) is 5.91 Å². The van der Waals surface area contributed by atoms with Gasteiger partial charge in [0, 0.05) is 31.7 Å². The summed E-state index contributed by atoms with van der Waals surface area (Å²) in [6, 6.07) is 14.8. The van der Waals surface area contributed by atoms with Gasteiger partial charge in [0.25, 0.3) is 11.8 Å². The maximum atomic E-state index is 13.1. The minimum Gasteiger partial charge on any atom is -0.462 e. The number of piperazine rings is 1. The van der Waals surface area contributed by atoms with Gasteiger partial charge >= 0.3 is 5.97 Å². The highest BCUT2D eigenvalue weighted by Gasteiger charge is 2.43. The Balaban J connectivity index is 1.39. The Kier molecular flexibility index (Phi) is 6.32. The molecule has 0 aromatic heterocycles. The summed E-state index contributed by atoms with van der Waals surface area (Å²) >= 11 is 0. The first-order valence-corrected chi connectivity index (χ1v) is 10.7. The second-order valence-electron chi connectivity index (χ2n) is 7.75. The zero-order valence-electron chi connectivity index (χ0n) is 17.9. The Hall–Kier alpha value is -3.52. The standard InChI is InChI=1S/C24H25N3O5/c1-2-32-24(31)18-8-10-19(11-9-18)27-21(28)16-20(23(27)30)25-12-14-26(15-13-25)22(29)17-6-4-3-5-7-17/h3-11,20H,2,12-16H2,1H3/t20-/m0/s1. The highest BCUT2D eigenvalue weighted by atomic mass is 16.5. The molecule has 2 aliphatic rings. The number of esters is 1. The smallest absolute Gasteiger partial charge is 0.338 e. The molecule has 2 saturated heterocycles. The summed E-state index contributed by atoms with van der Waals surface area (Å²) in [7, 11) is 0. The molecule has 2 heterocycles. The van der Waals surface area contributed by atoms with Crippen molar-refractivity contribution in [1.29, 1.82) is 0 Å². The summed E-state index contributed by atoms with van der Waals surface area (Å²) in [6.07, 6.45) is 0.102. The molecule has 3 amide bonds. The number of hydrogen-bond acceptors (Lipinski definition) is 6. The molecule has 2 aliphatic heterocycles. The Morgan fingerprint density at radius 2 is 1.56 bits per heavy atom. The van der Waals surface area contributed by atoms with Crippen LogP contribution in [0.3, 0.4) is 0 Å². The Bertz CT molecular complexity index is 1010. The molecular weight excluding hydrogens is 410 g/mol. The number of anilines is 1. The lowest BCUT2D eigenvalue weighted by Crippen LogP contribution is -2.53. The van der Waals surface area contributed by atoms with Crippen LogP contribution < -0.4 is 4.90 Å². The van der Waals surface area contributed by atoms with E-state index >= 15 is 0 Å². The number of carbonyl (C=O) groups excluding carboxylic acids is 4. The average Bonchev–Trinajstić information content (AvgIpc) is 3.13. The minimum atomic E-state index is -0.541. The molecule has 0 saturated carbocycles. The van der Waals surface area contributed by atoms with Crippen molar-refractivity contribution >= 4 is 29.4 Å². The summed E-state index contributed by atoms with van der Waals surface area (Å²) < 4.78 is 4.96. The molecule has 0 radical (unpaired) electrons. The van der Waals surface area contributed by atoms with Crippen molar-refractivity contribution in [2.75, 3.05) is 37.7 Å². The molecule has 0 N–H and O–H groups in total. The maximum absolute atomic E-state index is 13.1. The SMILES string of the molecule is CCOC(=O)c1ccc(N2C(=O)C[C@H](N3CCN(C(=O)c4ccccc4)CC3)C2=O)cc1. The van der Waals surface area contributed by atoms with Gasteiger partial charge in [-0.2, -0.15) is 0 Å². The third kappa shape index (κ3) is 4.27. The molecule has 2 aromatic carbocycles. The Morgan fingerprint density at radius 3 is 2.19 bits per heavy atom. The molecule has 8 nitrogen and oxygen atoms in total. The van der Waals surface area contributed by atoms with E-state index in [4.69, 9.17) is 4.74 Å². The summed E-state index contributed by atoms with van der Waals surface area (Å²) in [5.74, 6) is -1.02. The molecule has 1 atom stereocenters. The van der Waals surface area contributed by atoms with Crippen LogP contribution in [-0.4, -0.2) is 72.3 Å². The number of hydrogen-bond donors (Lipinski definition) is 0. The van der Waals surface area contributed by atoms with Crippen molar-refractivity contribution in [2.45, 2.75) is 19.4 Å². The first-order chi connectivity index (χ1) is 15.5. The van der Waals surface area contributed by atoms with Crippen molar-refractivity contribution in [1.82, 2.24) is 9.80 Å². The topological polar surface area (TPSA) is 87.2 Å². The van der Waals surface area contributed by atoms with Crippen molar-refractivity contribution in [2.24, 2.45) is 0 Å². The van der Waals surface area contributed by atoms with Crippen molar-refractivity contribution in [3.63, 3.8) is 0 Å². The van der Waals surface area contributed by atoms with Crippen LogP contribution in [0.2, 0.25) is 0 Å². The first-order valence-electron chi connectivity index (χ1n) is 10.7. The van der Waals surface area contributed by atoms with E-state index in [1.807, 2.05) is 23.1 Å². The monoisotopic (exact) mass is 435 g/mol. The maximum Gasteiger partial charge on any atom is 0.338 e. The molecule has 4 rings (SSSR count). The number of carbonyl (C=O) groups is 4. The summed E-state index contributed by atoms with van der Waals surface area (Å²) in [5.41, 5.74) is 1.45. The van der Waals surface area contributed by atoms with E-state index in [1.54, 1.807) is 48.2 Å². The number of imide groups is 1. The van der Waals surface area contributed by atoms with Gasteiger partial charge in [-0.05, 0) is 43.3 Å². The highest BCUT2D eigenvalue weighted by Crippen LogP contribution is 2.27. The molecule has 2 aromatic rings. The quantitative estimate of drug-likeness (QED) is 0.527. The van der Waals surface area contributed by atoms with E-state index in [0.29, 0.717) is 43.0 Å². The molecule has 0 unspecified atom stereocenters. The van der Waals surface area contributed by atoms with Crippen LogP contribution in [0, 0.1) is 0 Å². The predicted molar refractivity (Wildman–Crippen MR) is 117 cm³/mol. The van der Waals surface area contributed by atoms with Gasteiger partial charge in [-0.25, -0.2) is 9.69 Å². The van der Waals surface area contributed by atoms with Crippen molar-refractivity contribution < 1.29 is 23.9 Å². The third-order valence-electron chi connectivity index (χ3n) is 5.82. The van der Waals surface area contributed by atoms with Crippen molar-refractivity contribution in [3.8, 4) is 0 Å². The van der Waals surface area contributed by atoms with Crippen LogP contribution in [0.15, 0.2) is 54.6 Å². The molecule has 32 heavy (non-hydrogen) atoms. The van der Waals surface area contributed by atoms with Gasteiger partial charge in [-0.15, -0.1) is 0 Å². The van der Waals surface area contributed by atoms with Crippen LogP contribution >= 0.6 is 0 Å². The van der Waals surface area contributed by atoms with E-state index in [-0.39, 0.29) is 30.7 Å². The Labute approximate surface area is 186 Å². The van der Waals surface area contributed by atoms with Crippen LogP contribution in [0.5, 0.6) is 0 Å². The number of amides is 3. The number of nitrogens with zero attached hydrogens (tertiary/aromatic N) is 3. The molecule has 2 fully saturated rings. The minimum absolute atomic E-state index is 0.0256. The molecule has 8 heteroatoms. The van der Waals surface area contributed by atoms with E-state index in [9.17, 15) is 19.2 Å². The number of ether oxygens (including phenoxy) is 1. The fourth-order valence-corrected chi connectivity index (χ4v) is 4.13. The number of benzene rings is 2. The molecule has 0 aliphatic carbocycles. The van der Waals surface area contributed by atoms with E-state index in [2.05, 4.69) is 0 Å².